The molecule has 0 spiro atoms. The number of nitrogens with zero attached hydrogens (tertiary/aromatic N) is 1. The van der Waals surface area contributed by atoms with E-state index in [1.165, 1.54) is 16.7 Å². The highest BCUT2D eigenvalue weighted by molar-refractivity contribution is 8.14. The fourth-order valence-electron chi connectivity index (χ4n) is 2.55. The Hall–Kier alpha value is -2.02. The second-order valence-corrected chi connectivity index (χ2v) is 8.08. The lowest BCUT2D eigenvalue weighted by molar-refractivity contribution is -0.126. The fourth-order valence-corrected chi connectivity index (χ4v) is 3.52. The average molecular weight is 364 g/mol. The highest BCUT2D eigenvalue weighted by Crippen LogP contribution is 2.29. The summed E-state index contributed by atoms with van der Waals surface area (Å²) < 4.78 is 5.14. The van der Waals surface area contributed by atoms with E-state index >= 15 is 0 Å². The minimum absolute atomic E-state index is 0.0205. The molecule has 136 valence electrons. The second-order valence-electron chi connectivity index (χ2n) is 7.00. The number of carbonyl (C=O) groups excluding carboxylic acids is 3. The van der Waals surface area contributed by atoms with E-state index in [0.29, 0.717) is 17.2 Å². The maximum atomic E-state index is 12.9. The monoisotopic (exact) mass is 364 g/mol. The molecule has 1 aromatic rings. The van der Waals surface area contributed by atoms with Gasteiger partial charge in [0.1, 0.15) is 12.3 Å². The SMILES string of the molecule is COc1ccc(N(CC(=O)NC(C)(C)C)C(=O)[C@H]2CSC(=O)C2)cc1. The summed E-state index contributed by atoms with van der Waals surface area (Å²) in [5.74, 6) is 0.302. The Kier molecular flexibility index (Phi) is 6.11. The van der Waals surface area contributed by atoms with Crippen LogP contribution in [0.1, 0.15) is 27.2 Å². The third-order valence-electron chi connectivity index (χ3n) is 3.67. The van der Waals surface area contributed by atoms with Crippen LogP contribution in [0.4, 0.5) is 5.69 Å². The Bertz CT molecular complexity index is 652. The third kappa shape index (κ3) is 5.49. The highest BCUT2D eigenvalue weighted by Gasteiger charge is 2.34. The molecular formula is C18H24N2O4S. The first kappa shape index (κ1) is 19.3. The molecule has 0 aliphatic carbocycles. The number of thioether (sulfide) groups is 1. The van der Waals surface area contributed by atoms with Crippen molar-refractivity contribution in [2.75, 3.05) is 24.3 Å². The molecule has 0 aromatic heterocycles. The van der Waals surface area contributed by atoms with E-state index in [-0.39, 0.29) is 41.4 Å². The van der Waals surface area contributed by atoms with Crippen LogP contribution >= 0.6 is 11.8 Å². The van der Waals surface area contributed by atoms with Crippen molar-refractivity contribution in [3.63, 3.8) is 0 Å². The van der Waals surface area contributed by atoms with Gasteiger partial charge in [-0.15, -0.1) is 0 Å². The van der Waals surface area contributed by atoms with Crippen molar-refractivity contribution in [1.82, 2.24) is 5.32 Å². The van der Waals surface area contributed by atoms with Gasteiger partial charge in [-0.25, -0.2) is 0 Å². The number of carbonyl (C=O) groups is 3. The van der Waals surface area contributed by atoms with Crippen LogP contribution in [0, 0.1) is 5.92 Å². The van der Waals surface area contributed by atoms with Crippen molar-refractivity contribution >= 4 is 34.4 Å². The van der Waals surface area contributed by atoms with Crippen LogP contribution in [0.25, 0.3) is 0 Å². The standard InChI is InChI=1S/C18H24N2O4S/c1-18(2,3)19-15(21)10-20(13-5-7-14(24-4)8-6-13)17(23)12-9-16(22)25-11-12/h5-8,12H,9-11H2,1-4H3,(H,19,21)/t12-/m1/s1. The largest absolute Gasteiger partial charge is 0.497 e. The molecule has 2 rings (SSSR count). The van der Waals surface area contributed by atoms with Gasteiger partial charge in [0.25, 0.3) is 0 Å². The molecule has 1 aromatic carbocycles. The summed E-state index contributed by atoms with van der Waals surface area (Å²) in [7, 11) is 1.57. The number of amides is 2. The molecule has 6 nitrogen and oxygen atoms in total. The van der Waals surface area contributed by atoms with Crippen LogP contribution < -0.4 is 15.0 Å². The van der Waals surface area contributed by atoms with Crippen LogP contribution in [-0.4, -0.2) is 41.9 Å². The highest BCUT2D eigenvalue weighted by atomic mass is 32.2. The molecule has 1 aliphatic rings. The van der Waals surface area contributed by atoms with Crippen LogP contribution in [-0.2, 0) is 14.4 Å². The normalized spacial score (nSPS) is 17.3. The molecule has 0 radical (unpaired) electrons. The molecule has 0 unspecified atom stereocenters. The third-order valence-corrected chi connectivity index (χ3v) is 4.73. The maximum absolute atomic E-state index is 12.9. The Morgan fingerprint density at radius 1 is 1.28 bits per heavy atom. The summed E-state index contributed by atoms with van der Waals surface area (Å²) in [5, 5.41) is 2.89. The summed E-state index contributed by atoms with van der Waals surface area (Å²) in [6.07, 6.45) is 0.219. The average Bonchev–Trinajstić information content (AvgIpc) is 2.97. The van der Waals surface area contributed by atoms with Gasteiger partial charge in [0.15, 0.2) is 5.12 Å². The number of nitrogens with one attached hydrogen (secondary N) is 1. The van der Waals surface area contributed by atoms with E-state index in [0.717, 1.165) is 0 Å². The molecular weight excluding hydrogens is 340 g/mol. The van der Waals surface area contributed by atoms with Gasteiger partial charge in [-0.3, -0.25) is 14.4 Å². The number of hydrogen-bond donors (Lipinski definition) is 1. The molecule has 2 amide bonds. The summed E-state index contributed by atoms with van der Waals surface area (Å²) in [6.45, 7) is 5.57. The number of hydrogen-bond acceptors (Lipinski definition) is 5. The van der Waals surface area contributed by atoms with Gasteiger partial charge < -0.3 is 15.0 Å². The fraction of sp³-hybridized carbons (Fsp3) is 0.500. The van der Waals surface area contributed by atoms with E-state index in [1.807, 2.05) is 20.8 Å². The number of anilines is 1. The predicted molar refractivity (Wildman–Crippen MR) is 98.8 cm³/mol. The van der Waals surface area contributed by atoms with Crippen molar-refractivity contribution in [2.24, 2.45) is 5.92 Å². The van der Waals surface area contributed by atoms with Gasteiger partial charge in [-0.05, 0) is 45.0 Å². The number of benzene rings is 1. The molecule has 1 saturated heterocycles. The molecule has 0 saturated carbocycles. The minimum atomic E-state index is -0.387. The molecule has 1 heterocycles. The van der Waals surface area contributed by atoms with E-state index in [4.69, 9.17) is 4.74 Å². The van der Waals surface area contributed by atoms with Crippen LogP contribution in [0.5, 0.6) is 5.75 Å². The van der Waals surface area contributed by atoms with Gasteiger partial charge in [0, 0.05) is 23.4 Å². The number of rotatable bonds is 5. The summed E-state index contributed by atoms with van der Waals surface area (Å²) in [5.41, 5.74) is 0.226. The zero-order valence-corrected chi connectivity index (χ0v) is 15.8. The van der Waals surface area contributed by atoms with Crippen molar-refractivity contribution in [1.29, 1.82) is 0 Å². The van der Waals surface area contributed by atoms with Crippen LogP contribution in [0.2, 0.25) is 0 Å². The van der Waals surface area contributed by atoms with Gasteiger partial charge in [-0.2, -0.15) is 0 Å². The Balaban J connectivity index is 2.22. The Morgan fingerprint density at radius 3 is 2.40 bits per heavy atom. The second kappa shape index (κ2) is 7.91. The quantitative estimate of drug-likeness (QED) is 0.867. The summed E-state index contributed by atoms with van der Waals surface area (Å²) in [4.78, 5) is 38.2. The van der Waals surface area contributed by atoms with Crippen molar-refractivity contribution < 1.29 is 19.1 Å². The lowest BCUT2D eigenvalue weighted by atomic mass is 10.1. The molecule has 7 heteroatoms. The lowest BCUT2D eigenvalue weighted by Gasteiger charge is -2.27. The topological polar surface area (TPSA) is 75.7 Å². The predicted octanol–water partition coefficient (Wildman–Crippen LogP) is 2.22. The first-order chi connectivity index (χ1) is 11.7. The molecule has 25 heavy (non-hydrogen) atoms. The molecule has 1 aliphatic heterocycles. The van der Waals surface area contributed by atoms with Gasteiger partial charge in [0.05, 0.1) is 13.0 Å². The minimum Gasteiger partial charge on any atom is -0.497 e. The summed E-state index contributed by atoms with van der Waals surface area (Å²) >= 11 is 1.17. The van der Waals surface area contributed by atoms with E-state index in [1.54, 1.807) is 31.4 Å². The molecule has 1 N–H and O–H groups in total. The number of methoxy groups -OCH3 is 1. The maximum Gasteiger partial charge on any atom is 0.240 e. The first-order valence-corrected chi connectivity index (χ1v) is 9.10. The van der Waals surface area contributed by atoms with Crippen LogP contribution in [0.15, 0.2) is 24.3 Å². The zero-order chi connectivity index (χ0) is 18.6. The van der Waals surface area contributed by atoms with Crippen molar-refractivity contribution in [3.05, 3.63) is 24.3 Å². The number of ether oxygens (including phenoxy) is 1. The Morgan fingerprint density at radius 2 is 1.92 bits per heavy atom. The zero-order valence-electron chi connectivity index (χ0n) is 15.0. The summed E-state index contributed by atoms with van der Waals surface area (Å²) in [6, 6.07) is 6.97. The van der Waals surface area contributed by atoms with Gasteiger partial charge >= 0.3 is 0 Å². The Labute approximate surface area is 152 Å². The molecule has 1 fully saturated rings. The first-order valence-electron chi connectivity index (χ1n) is 8.11. The van der Waals surface area contributed by atoms with E-state index in [9.17, 15) is 14.4 Å². The smallest absolute Gasteiger partial charge is 0.240 e. The lowest BCUT2D eigenvalue weighted by Crippen LogP contribution is -2.48. The van der Waals surface area contributed by atoms with Crippen LogP contribution in [0.3, 0.4) is 0 Å². The van der Waals surface area contributed by atoms with E-state index < -0.39 is 0 Å². The molecule has 0 bridgehead atoms. The van der Waals surface area contributed by atoms with Gasteiger partial charge in [0.2, 0.25) is 11.8 Å². The molecule has 1 atom stereocenters. The van der Waals surface area contributed by atoms with E-state index in [2.05, 4.69) is 5.32 Å². The van der Waals surface area contributed by atoms with Gasteiger partial charge in [-0.1, -0.05) is 11.8 Å². The van der Waals surface area contributed by atoms with Crippen molar-refractivity contribution in [2.45, 2.75) is 32.7 Å². The van der Waals surface area contributed by atoms with Crippen molar-refractivity contribution in [3.8, 4) is 5.75 Å².